The molecule has 0 bridgehead atoms. The van der Waals surface area contributed by atoms with Gasteiger partial charge in [0, 0.05) is 58.1 Å². The molecule has 0 saturated carbocycles. The summed E-state index contributed by atoms with van der Waals surface area (Å²) in [5, 5.41) is 0. The van der Waals surface area contributed by atoms with E-state index >= 15 is 0 Å². The maximum atomic E-state index is 8.06. The fraction of sp³-hybridized carbons (Fsp3) is 0. The van der Waals surface area contributed by atoms with E-state index in [1.54, 1.807) is 15.9 Å². The van der Waals surface area contributed by atoms with Gasteiger partial charge in [-0.25, -0.2) is 0 Å². The van der Waals surface area contributed by atoms with Crippen LogP contribution in [0.3, 0.4) is 0 Å². The Kier molecular flexibility index (Phi) is 118. The normalized spacial score (nSPS) is 0.800. The standard InChI is InChI=1S/Co.Mn.O.Pr.Sr.2H/q;;;;+2;2*-1. The summed E-state index contributed by atoms with van der Waals surface area (Å²) in [5.74, 6) is 0. The number of hydrogen-bond acceptors (Lipinski definition) is 1. The van der Waals surface area contributed by atoms with Crippen LogP contribution in [0.5, 0.6) is 0 Å². The summed E-state index contributed by atoms with van der Waals surface area (Å²) in [6.07, 6.45) is 0. The van der Waals surface area contributed by atoms with Crippen LogP contribution in [0.4, 0.5) is 0 Å². The Hall–Kier alpha value is 3.67. The molecule has 29 valence electrons. The van der Waals surface area contributed by atoms with E-state index in [2.05, 4.69) is 0 Å². The summed E-state index contributed by atoms with van der Waals surface area (Å²) < 4.78 is 8.06. The molecule has 0 fully saturated rings. The molecule has 5 heteroatoms. The summed E-state index contributed by atoms with van der Waals surface area (Å²) in [5.41, 5.74) is 0. The first kappa shape index (κ1) is 23.4. The third-order valence-electron chi connectivity index (χ3n) is 0. The average molecular weight is 360 g/mol. The van der Waals surface area contributed by atoms with Crippen LogP contribution in [0.15, 0.2) is 0 Å². The Bertz CT molecular complexity index is 17.7. The second kappa shape index (κ2) is 25.3. The van der Waals surface area contributed by atoms with Crippen molar-refractivity contribution in [1.82, 2.24) is 0 Å². The van der Waals surface area contributed by atoms with Crippen LogP contribution in [-0.4, -0.2) is 45.5 Å². The minimum absolute atomic E-state index is 0. The molecule has 0 aliphatic rings. The van der Waals surface area contributed by atoms with E-state index in [1.165, 1.54) is 0 Å². The van der Waals surface area contributed by atoms with Gasteiger partial charge < -0.3 is 2.85 Å². The largest absolute Gasteiger partial charge is 2.00 e. The van der Waals surface area contributed by atoms with Crippen LogP contribution < -0.4 is 0 Å². The molecule has 0 aliphatic heterocycles. The van der Waals surface area contributed by atoms with Gasteiger partial charge in [0.2, 0.25) is 0 Å². The smallest absolute Gasteiger partial charge is 0 e. The van der Waals surface area contributed by atoms with Gasteiger partial charge in [0.15, 0.2) is 0 Å². The topological polar surface area (TPSA) is 17.1 Å². The molecule has 0 aliphatic carbocycles. The van der Waals surface area contributed by atoms with Gasteiger partial charge in [0.1, 0.15) is 0 Å². The van der Waals surface area contributed by atoms with Gasteiger partial charge in [0.25, 0.3) is 0 Å². The van der Waals surface area contributed by atoms with Crippen LogP contribution in [0, 0.1) is 41.3 Å². The molecule has 5 heavy (non-hydrogen) atoms. The first-order valence-corrected chi connectivity index (χ1v) is 0.636. The molecule has 0 heterocycles. The fourth-order valence-electron chi connectivity index (χ4n) is 0. The third kappa shape index (κ3) is 18.3. The van der Waals surface area contributed by atoms with Gasteiger partial charge in [-0.2, -0.15) is 0 Å². The van der Waals surface area contributed by atoms with Gasteiger partial charge >= 0.3 is 65.3 Å². The number of rotatable bonds is 0. The second-order valence-electron chi connectivity index (χ2n) is 0. The molecule has 0 aromatic heterocycles. The maximum absolute atomic E-state index is 8.06. The van der Waals surface area contributed by atoms with E-state index in [9.17, 15) is 0 Å². The summed E-state index contributed by atoms with van der Waals surface area (Å²) in [6.45, 7) is 0. The predicted molar refractivity (Wildman–Crippen MR) is 8.66 cm³/mol. The fourth-order valence-corrected chi connectivity index (χ4v) is 0. The Morgan fingerprint density at radius 2 is 1.40 bits per heavy atom. The van der Waals surface area contributed by atoms with Gasteiger partial charge in [-0.05, 0) is 0 Å². The molecular weight excluding hydrogens is 358 g/mol. The Morgan fingerprint density at radius 1 is 1.40 bits per heavy atom. The minimum Gasteiger partial charge on any atom is 0 e. The molecule has 2 radical (unpaired) electrons. The van der Waals surface area contributed by atoms with Crippen LogP contribution in [-0.2, 0) is 36.6 Å². The van der Waals surface area contributed by atoms with Crippen LogP contribution >= 0.6 is 0 Å². The number of hydrogen-bond donors (Lipinski definition) is 0. The molecule has 1 nitrogen and oxygen atoms in total. The average Bonchev–Trinajstić information content (AvgIpc) is 1.00. The molecule has 0 atom stereocenters. The molecule has 0 N–H and O–H groups in total. The molecule has 0 aromatic rings. The predicted octanol–water partition coefficient (Wildman–Crippen LogP) is -0.280. The second-order valence-corrected chi connectivity index (χ2v) is 0. The van der Waals surface area contributed by atoms with Gasteiger partial charge in [0.05, 0.1) is 0 Å². The van der Waals surface area contributed by atoms with E-state index in [-0.39, 0.29) is 106 Å². The van der Waals surface area contributed by atoms with E-state index in [1.807, 2.05) is 0 Å². The molecule has 0 rings (SSSR count). The van der Waals surface area contributed by atoms with Crippen molar-refractivity contribution in [2.45, 2.75) is 0 Å². The van der Waals surface area contributed by atoms with Gasteiger partial charge in [-0.3, -0.25) is 0 Å². The Balaban J connectivity index is -0.000000000500. The zero-order valence-electron chi connectivity index (χ0n) is 4.40. The summed E-state index contributed by atoms with van der Waals surface area (Å²) in [4.78, 5) is 0. The third-order valence-corrected chi connectivity index (χ3v) is 0. The SMILES string of the molecule is [Co].[H-].[H-].[O]=[Mn].[Pr].[Sr+2]. The Labute approximate surface area is 123 Å². The van der Waals surface area contributed by atoms with E-state index < -0.39 is 0 Å². The molecule has 0 spiro atoms. The van der Waals surface area contributed by atoms with Crippen molar-refractivity contribution in [3.63, 3.8) is 0 Å². The molecule has 0 unspecified atom stereocenters. The van der Waals surface area contributed by atoms with Crippen molar-refractivity contribution in [1.29, 1.82) is 0 Å². The quantitative estimate of drug-likeness (QED) is 0.543. The van der Waals surface area contributed by atoms with E-state index in [0.29, 0.717) is 0 Å². The first-order chi connectivity index (χ1) is 1.00. The van der Waals surface area contributed by atoms with Crippen LogP contribution in [0.1, 0.15) is 2.85 Å². The van der Waals surface area contributed by atoms with E-state index in [4.69, 9.17) is 3.83 Å². The van der Waals surface area contributed by atoms with Gasteiger partial charge in [-0.15, -0.1) is 0 Å². The maximum Gasteiger partial charge on any atom is 2.00 e. The van der Waals surface area contributed by atoms with E-state index in [0.717, 1.165) is 0 Å². The van der Waals surface area contributed by atoms with Crippen molar-refractivity contribution in [2.24, 2.45) is 0 Å². The zero-order chi connectivity index (χ0) is 2.00. The van der Waals surface area contributed by atoms with Crippen LogP contribution in [0.25, 0.3) is 0 Å². The molecule has 0 aromatic carbocycles. The first-order valence-electron chi connectivity index (χ1n) is 0.154. The van der Waals surface area contributed by atoms with Crippen molar-refractivity contribution in [3.05, 3.63) is 0 Å². The van der Waals surface area contributed by atoms with Crippen molar-refractivity contribution >= 4 is 45.5 Å². The zero-order valence-corrected chi connectivity index (χ0v) is 11.8. The monoisotopic (exact) mass is 361 g/mol. The molecular formula is H2CoMnOPrSr. The summed E-state index contributed by atoms with van der Waals surface area (Å²) in [7, 11) is 0. The molecule has 0 amide bonds. The molecule has 0 saturated heterocycles. The van der Waals surface area contributed by atoms with Crippen molar-refractivity contribution < 1.29 is 80.7 Å². The Morgan fingerprint density at radius 3 is 1.40 bits per heavy atom. The minimum atomic E-state index is 0. The van der Waals surface area contributed by atoms with Crippen molar-refractivity contribution in [3.8, 4) is 0 Å². The van der Waals surface area contributed by atoms with Crippen LogP contribution in [0.2, 0.25) is 0 Å². The van der Waals surface area contributed by atoms with Crippen molar-refractivity contribution in [2.75, 3.05) is 0 Å². The summed E-state index contributed by atoms with van der Waals surface area (Å²) in [6, 6.07) is 0. The summed E-state index contributed by atoms with van der Waals surface area (Å²) >= 11 is 1.69. The van der Waals surface area contributed by atoms with Gasteiger partial charge in [-0.1, -0.05) is 0 Å².